The molecule has 1 heterocycles. The minimum absolute atomic E-state index is 0.493. The molecule has 18 heavy (non-hydrogen) atoms. The maximum absolute atomic E-state index is 5.64. The van der Waals surface area contributed by atoms with Gasteiger partial charge in [-0.3, -0.25) is 11.3 Å². The normalized spacial score (nSPS) is 21.3. The van der Waals surface area contributed by atoms with Crippen molar-refractivity contribution in [2.45, 2.75) is 77.2 Å². The van der Waals surface area contributed by atoms with Gasteiger partial charge in [0.15, 0.2) is 0 Å². The number of hydrogen-bond acceptors (Lipinski definition) is 3. The van der Waals surface area contributed by atoms with Crippen molar-refractivity contribution in [3.05, 3.63) is 0 Å². The molecule has 2 unspecified atom stereocenters. The van der Waals surface area contributed by atoms with Gasteiger partial charge in [-0.05, 0) is 25.2 Å². The number of nitrogens with one attached hydrogen (secondary N) is 1. The Labute approximate surface area is 113 Å². The van der Waals surface area contributed by atoms with E-state index < -0.39 is 0 Å². The van der Waals surface area contributed by atoms with Crippen LogP contribution in [0, 0.1) is 5.92 Å². The zero-order valence-corrected chi connectivity index (χ0v) is 12.1. The van der Waals surface area contributed by atoms with E-state index in [-0.39, 0.29) is 0 Å². The quantitative estimate of drug-likeness (QED) is 0.338. The second-order valence-corrected chi connectivity index (χ2v) is 5.74. The topological polar surface area (TPSA) is 47.3 Å². The highest BCUT2D eigenvalue weighted by Gasteiger charge is 2.19. The van der Waals surface area contributed by atoms with Crippen molar-refractivity contribution in [3.63, 3.8) is 0 Å². The van der Waals surface area contributed by atoms with Gasteiger partial charge in [0.2, 0.25) is 0 Å². The lowest BCUT2D eigenvalue weighted by Gasteiger charge is -2.18. The number of rotatable bonds is 11. The maximum atomic E-state index is 5.64. The summed E-state index contributed by atoms with van der Waals surface area (Å²) >= 11 is 0. The molecule has 0 amide bonds. The van der Waals surface area contributed by atoms with Gasteiger partial charge in [0.1, 0.15) is 0 Å². The van der Waals surface area contributed by atoms with Crippen molar-refractivity contribution in [1.82, 2.24) is 5.43 Å². The second kappa shape index (κ2) is 10.8. The second-order valence-electron chi connectivity index (χ2n) is 5.74. The maximum Gasteiger partial charge on any atom is 0.0495 e. The van der Waals surface area contributed by atoms with E-state index in [1.54, 1.807) is 0 Å². The third-order valence-corrected chi connectivity index (χ3v) is 4.03. The zero-order chi connectivity index (χ0) is 13.1. The molecule has 1 aliphatic rings. The fraction of sp³-hybridized carbons (Fsp3) is 1.00. The summed E-state index contributed by atoms with van der Waals surface area (Å²) in [6, 6.07) is 0.493. The molecule has 0 spiro atoms. The summed E-state index contributed by atoms with van der Waals surface area (Å²) in [5.41, 5.74) is 2.98. The van der Waals surface area contributed by atoms with Crippen LogP contribution in [0.25, 0.3) is 0 Å². The van der Waals surface area contributed by atoms with Crippen molar-refractivity contribution in [1.29, 1.82) is 0 Å². The van der Waals surface area contributed by atoms with Crippen LogP contribution in [-0.4, -0.2) is 19.3 Å². The van der Waals surface area contributed by atoms with Crippen LogP contribution >= 0.6 is 0 Å². The first-order valence-corrected chi connectivity index (χ1v) is 7.90. The third kappa shape index (κ3) is 7.34. The molecule has 1 fully saturated rings. The first kappa shape index (κ1) is 15.9. The van der Waals surface area contributed by atoms with E-state index in [1.807, 2.05) is 0 Å². The molecule has 1 saturated heterocycles. The molecule has 3 nitrogen and oxygen atoms in total. The van der Waals surface area contributed by atoms with Gasteiger partial charge in [-0.2, -0.15) is 0 Å². The highest BCUT2D eigenvalue weighted by molar-refractivity contribution is 4.72. The largest absolute Gasteiger partial charge is 0.381 e. The van der Waals surface area contributed by atoms with Crippen LogP contribution in [0.15, 0.2) is 0 Å². The van der Waals surface area contributed by atoms with Crippen LogP contribution in [-0.2, 0) is 4.74 Å². The van der Waals surface area contributed by atoms with Crippen molar-refractivity contribution < 1.29 is 4.74 Å². The van der Waals surface area contributed by atoms with Crippen LogP contribution in [0.2, 0.25) is 0 Å². The van der Waals surface area contributed by atoms with Gasteiger partial charge in [0.25, 0.3) is 0 Å². The fourth-order valence-corrected chi connectivity index (χ4v) is 2.79. The lowest BCUT2D eigenvalue weighted by Crippen LogP contribution is -2.36. The third-order valence-electron chi connectivity index (χ3n) is 4.03. The summed E-state index contributed by atoms with van der Waals surface area (Å²) in [5, 5.41) is 0. The SMILES string of the molecule is CCCCCCCCCC(CC1CCOC1)NN. The molecule has 0 bridgehead atoms. The van der Waals surface area contributed by atoms with Crippen molar-refractivity contribution in [3.8, 4) is 0 Å². The average Bonchev–Trinajstić information content (AvgIpc) is 2.89. The summed E-state index contributed by atoms with van der Waals surface area (Å²) in [6.07, 6.45) is 13.3. The Morgan fingerprint density at radius 3 is 2.50 bits per heavy atom. The molecule has 2 atom stereocenters. The summed E-state index contributed by atoms with van der Waals surface area (Å²) < 4.78 is 5.41. The summed E-state index contributed by atoms with van der Waals surface area (Å²) in [4.78, 5) is 0. The number of hydrogen-bond donors (Lipinski definition) is 2. The van der Waals surface area contributed by atoms with Gasteiger partial charge in [0, 0.05) is 19.3 Å². The summed E-state index contributed by atoms with van der Waals surface area (Å²) in [7, 11) is 0. The Hall–Kier alpha value is -0.120. The van der Waals surface area contributed by atoms with E-state index in [0.717, 1.165) is 19.1 Å². The molecule has 1 aliphatic heterocycles. The van der Waals surface area contributed by atoms with Gasteiger partial charge in [-0.15, -0.1) is 0 Å². The molecule has 0 aliphatic carbocycles. The minimum Gasteiger partial charge on any atom is -0.381 e. The summed E-state index contributed by atoms with van der Waals surface area (Å²) in [5.74, 6) is 6.37. The highest BCUT2D eigenvalue weighted by Crippen LogP contribution is 2.20. The van der Waals surface area contributed by atoms with Gasteiger partial charge in [-0.1, -0.05) is 51.9 Å². The van der Waals surface area contributed by atoms with E-state index in [2.05, 4.69) is 12.3 Å². The molecular weight excluding hydrogens is 224 g/mol. The minimum atomic E-state index is 0.493. The Bertz CT molecular complexity index is 181. The fourth-order valence-electron chi connectivity index (χ4n) is 2.79. The zero-order valence-electron chi connectivity index (χ0n) is 12.1. The molecule has 0 radical (unpaired) electrons. The van der Waals surface area contributed by atoms with Gasteiger partial charge >= 0.3 is 0 Å². The van der Waals surface area contributed by atoms with E-state index in [0.29, 0.717) is 6.04 Å². The predicted molar refractivity (Wildman–Crippen MR) is 77.3 cm³/mol. The number of ether oxygens (including phenoxy) is 1. The number of hydrazine groups is 1. The van der Waals surface area contributed by atoms with Gasteiger partial charge in [-0.25, -0.2) is 0 Å². The monoisotopic (exact) mass is 256 g/mol. The van der Waals surface area contributed by atoms with Gasteiger partial charge in [0.05, 0.1) is 0 Å². The molecule has 0 saturated carbocycles. The highest BCUT2D eigenvalue weighted by atomic mass is 16.5. The molecule has 3 N–H and O–H groups in total. The Kier molecular flexibility index (Phi) is 9.54. The molecule has 108 valence electrons. The smallest absolute Gasteiger partial charge is 0.0495 e. The molecule has 3 heteroatoms. The van der Waals surface area contributed by atoms with Crippen molar-refractivity contribution in [2.24, 2.45) is 11.8 Å². The van der Waals surface area contributed by atoms with Crippen LogP contribution in [0.1, 0.15) is 71.1 Å². The van der Waals surface area contributed by atoms with E-state index in [1.165, 1.54) is 64.2 Å². The first-order chi connectivity index (χ1) is 8.86. The van der Waals surface area contributed by atoms with Crippen LogP contribution < -0.4 is 11.3 Å². The first-order valence-electron chi connectivity index (χ1n) is 7.90. The Balaban J connectivity index is 1.94. The lowest BCUT2D eigenvalue weighted by atomic mass is 9.95. The standard InChI is InChI=1S/C15H32N2O/c1-2-3-4-5-6-7-8-9-15(17-16)12-14-10-11-18-13-14/h14-15,17H,2-13,16H2,1H3. The number of nitrogens with two attached hydrogens (primary N) is 1. The summed E-state index contributed by atoms with van der Waals surface area (Å²) in [6.45, 7) is 4.15. The lowest BCUT2D eigenvalue weighted by molar-refractivity contribution is 0.180. The molecule has 0 aromatic carbocycles. The van der Waals surface area contributed by atoms with Crippen LogP contribution in [0.5, 0.6) is 0 Å². The van der Waals surface area contributed by atoms with E-state index in [4.69, 9.17) is 10.6 Å². The molecule has 0 aromatic heterocycles. The Morgan fingerprint density at radius 1 is 1.17 bits per heavy atom. The van der Waals surface area contributed by atoms with E-state index >= 15 is 0 Å². The molecule has 1 rings (SSSR count). The van der Waals surface area contributed by atoms with Gasteiger partial charge < -0.3 is 4.74 Å². The predicted octanol–water partition coefficient (Wildman–Crippen LogP) is 3.39. The van der Waals surface area contributed by atoms with E-state index in [9.17, 15) is 0 Å². The Morgan fingerprint density at radius 2 is 1.89 bits per heavy atom. The van der Waals surface area contributed by atoms with Crippen molar-refractivity contribution in [2.75, 3.05) is 13.2 Å². The van der Waals surface area contributed by atoms with Crippen molar-refractivity contribution >= 4 is 0 Å². The molecular formula is C15H32N2O. The molecule has 0 aromatic rings. The van der Waals surface area contributed by atoms with Crippen LogP contribution in [0.3, 0.4) is 0 Å². The number of unbranched alkanes of at least 4 members (excludes halogenated alkanes) is 6. The average molecular weight is 256 g/mol. The van der Waals surface area contributed by atoms with Crippen LogP contribution in [0.4, 0.5) is 0 Å².